The molecule has 2 N–H and O–H groups in total. The van der Waals surface area contributed by atoms with Gasteiger partial charge in [0.05, 0.1) is 9.82 Å². The fourth-order valence-electron chi connectivity index (χ4n) is 1.70. The maximum Gasteiger partial charge on any atom is 0.312 e. The van der Waals surface area contributed by atoms with Crippen LogP contribution < -0.4 is 5.32 Å². The fourth-order valence-corrected chi connectivity index (χ4v) is 3.08. The van der Waals surface area contributed by atoms with Crippen LogP contribution in [0.25, 0.3) is 0 Å². The summed E-state index contributed by atoms with van der Waals surface area (Å²) in [5.74, 6) is -0.558. The molecule has 0 saturated carbocycles. The molecular weight excluding hydrogens is 274 g/mol. The molecule has 9 heteroatoms. The summed E-state index contributed by atoms with van der Waals surface area (Å²) >= 11 is 0. The number of rotatable bonds is 4. The van der Waals surface area contributed by atoms with E-state index in [0.29, 0.717) is 13.1 Å². The van der Waals surface area contributed by atoms with Gasteiger partial charge in [-0.2, -0.15) is 4.31 Å². The summed E-state index contributed by atoms with van der Waals surface area (Å²) in [7, 11) is -2.36. The third-order valence-electron chi connectivity index (χ3n) is 3.09. The molecule has 0 atom stereocenters. The van der Waals surface area contributed by atoms with E-state index >= 15 is 0 Å². The molecule has 0 spiro atoms. The van der Waals surface area contributed by atoms with Crippen molar-refractivity contribution in [1.82, 2.24) is 9.62 Å². The lowest BCUT2D eigenvalue weighted by molar-refractivity contribution is -0.386. The van der Waals surface area contributed by atoms with Crippen LogP contribution in [0.15, 0.2) is 23.1 Å². The van der Waals surface area contributed by atoms with Crippen LogP contribution in [0, 0.1) is 10.1 Å². The summed E-state index contributed by atoms with van der Waals surface area (Å²) in [6, 6.07) is 2.88. The summed E-state index contributed by atoms with van der Waals surface area (Å²) in [6.45, 7) is 1.10. The molecule has 2 rings (SSSR count). The Morgan fingerprint density at radius 3 is 2.58 bits per heavy atom. The number of hydrogen-bond acceptors (Lipinski definition) is 6. The van der Waals surface area contributed by atoms with Crippen molar-refractivity contribution in [3.05, 3.63) is 28.3 Å². The van der Waals surface area contributed by atoms with Crippen LogP contribution in [-0.4, -0.2) is 48.9 Å². The van der Waals surface area contributed by atoms with E-state index in [-0.39, 0.29) is 10.9 Å². The van der Waals surface area contributed by atoms with Crippen molar-refractivity contribution in [2.24, 2.45) is 0 Å². The molecule has 0 radical (unpaired) electrons. The van der Waals surface area contributed by atoms with Gasteiger partial charge in [0.25, 0.3) is 0 Å². The van der Waals surface area contributed by atoms with Gasteiger partial charge < -0.3 is 10.4 Å². The number of nitrogens with zero attached hydrogens (tertiary/aromatic N) is 2. The van der Waals surface area contributed by atoms with E-state index in [4.69, 9.17) is 0 Å². The topological polar surface area (TPSA) is 113 Å². The van der Waals surface area contributed by atoms with Crippen molar-refractivity contribution in [2.75, 3.05) is 20.1 Å². The Hall–Kier alpha value is -1.71. The van der Waals surface area contributed by atoms with Crippen LogP contribution in [0.1, 0.15) is 0 Å². The number of phenolic OH excluding ortho intramolecular Hbond substituents is 1. The number of sulfonamides is 1. The Bertz CT molecular complexity index is 612. The lowest BCUT2D eigenvalue weighted by Gasteiger charge is -2.34. The lowest BCUT2D eigenvalue weighted by atomic mass is 10.2. The van der Waals surface area contributed by atoms with E-state index in [1.165, 1.54) is 11.4 Å². The zero-order valence-electron chi connectivity index (χ0n) is 10.1. The van der Waals surface area contributed by atoms with Gasteiger partial charge in [-0.25, -0.2) is 8.42 Å². The standard InChI is InChI=1S/C10H13N3O5S/c1-12(7-5-11-6-7)19(17,18)8-2-3-10(14)9(4-8)13(15)16/h2-4,7,11,14H,5-6H2,1H3. The van der Waals surface area contributed by atoms with Gasteiger partial charge in [-0.05, 0) is 12.1 Å². The minimum atomic E-state index is -3.79. The maximum atomic E-state index is 12.2. The van der Waals surface area contributed by atoms with Gasteiger partial charge >= 0.3 is 5.69 Å². The van der Waals surface area contributed by atoms with E-state index in [2.05, 4.69) is 5.32 Å². The first-order chi connectivity index (χ1) is 8.84. The van der Waals surface area contributed by atoms with Crippen LogP contribution in [0.2, 0.25) is 0 Å². The van der Waals surface area contributed by atoms with Crippen LogP contribution in [0.4, 0.5) is 5.69 Å². The maximum absolute atomic E-state index is 12.2. The SMILES string of the molecule is CN(C1CNC1)S(=O)(=O)c1ccc(O)c([N+](=O)[O-])c1. The molecular formula is C10H13N3O5S. The largest absolute Gasteiger partial charge is 0.502 e. The van der Waals surface area contributed by atoms with Crippen molar-refractivity contribution in [3.8, 4) is 5.75 Å². The highest BCUT2D eigenvalue weighted by Crippen LogP contribution is 2.29. The number of nitro groups is 1. The second-order valence-electron chi connectivity index (χ2n) is 4.24. The number of benzene rings is 1. The first-order valence-electron chi connectivity index (χ1n) is 5.50. The fraction of sp³-hybridized carbons (Fsp3) is 0.400. The Labute approximate surface area is 109 Å². The Morgan fingerprint density at radius 2 is 2.11 bits per heavy atom. The van der Waals surface area contributed by atoms with Crippen molar-refractivity contribution in [1.29, 1.82) is 0 Å². The number of nitro benzene ring substituents is 1. The minimum absolute atomic E-state index is 0.155. The number of aromatic hydroxyl groups is 1. The molecule has 1 saturated heterocycles. The molecule has 1 aromatic rings. The molecule has 8 nitrogen and oxygen atoms in total. The average molecular weight is 287 g/mol. The summed E-state index contributed by atoms with van der Waals surface area (Å²) in [5, 5.41) is 23.0. The van der Waals surface area contributed by atoms with Gasteiger partial charge in [0.2, 0.25) is 10.0 Å². The van der Waals surface area contributed by atoms with Crippen molar-refractivity contribution in [3.63, 3.8) is 0 Å². The summed E-state index contributed by atoms with van der Waals surface area (Å²) in [4.78, 5) is 9.68. The average Bonchev–Trinajstić information content (AvgIpc) is 2.26. The van der Waals surface area contributed by atoms with E-state index < -0.39 is 26.4 Å². The Balaban J connectivity index is 2.40. The van der Waals surface area contributed by atoms with Gasteiger partial charge in [-0.3, -0.25) is 10.1 Å². The van der Waals surface area contributed by atoms with Crippen molar-refractivity contribution < 1.29 is 18.4 Å². The molecule has 19 heavy (non-hydrogen) atoms. The van der Waals surface area contributed by atoms with Gasteiger partial charge in [-0.15, -0.1) is 0 Å². The quantitative estimate of drug-likeness (QED) is 0.590. The lowest BCUT2D eigenvalue weighted by Crippen LogP contribution is -2.57. The molecule has 0 unspecified atom stereocenters. The highest BCUT2D eigenvalue weighted by Gasteiger charge is 2.32. The molecule has 0 amide bonds. The number of likely N-dealkylation sites (N-methyl/N-ethyl adjacent to an activating group) is 1. The highest BCUT2D eigenvalue weighted by molar-refractivity contribution is 7.89. The minimum Gasteiger partial charge on any atom is -0.502 e. The monoisotopic (exact) mass is 287 g/mol. The van der Waals surface area contributed by atoms with Crippen molar-refractivity contribution in [2.45, 2.75) is 10.9 Å². The highest BCUT2D eigenvalue weighted by atomic mass is 32.2. The van der Waals surface area contributed by atoms with Crippen LogP contribution >= 0.6 is 0 Å². The van der Waals surface area contributed by atoms with Crippen LogP contribution in [0.3, 0.4) is 0 Å². The molecule has 1 fully saturated rings. The number of nitrogens with one attached hydrogen (secondary N) is 1. The second kappa shape index (κ2) is 4.76. The first kappa shape index (κ1) is 13.7. The summed E-state index contributed by atoms with van der Waals surface area (Å²) < 4.78 is 25.7. The molecule has 1 heterocycles. The zero-order valence-corrected chi connectivity index (χ0v) is 10.9. The predicted octanol–water partition coefficient (Wildman–Crippen LogP) is -0.107. The third kappa shape index (κ3) is 2.39. The van der Waals surface area contributed by atoms with Crippen LogP contribution in [-0.2, 0) is 10.0 Å². The molecule has 0 aliphatic carbocycles. The Kier molecular flexibility index (Phi) is 3.43. The molecule has 1 aliphatic heterocycles. The van der Waals surface area contributed by atoms with Crippen molar-refractivity contribution >= 4 is 15.7 Å². The molecule has 0 aromatic heterocycles. The van der Waals surface area contributed by atoms with Gasteiger partial charge in [-0.1, -0.05) is 0 Å². The first-order valence-corrected chi connectivity index (χ1v) is 6.94. The third-order valence-corrected chi connectivity index (χ3v) is 5.00. The second-order valence-corrected chi connectivity index (χ2v) is 6.24. The number of hydrogen-bond donors (Lipinski definition) is 2. The normalized spacial score (nSPS) is 16.3. The molecule has 104 valence electrons. The van der Waals surface area contributed by atoms with Crippen LogP contribution in [0.5, 0.6) is 5.75 Å². The molecule has 1 aliphatic rings. The smallest absolute Gasteiger partial charge is 0.312 e. The van der Waals surface area contributed by atoms with Gasteiger partial charge in [0.15, 0.2) is 5.75 Å². The zero-order chi connectivity index (χ0) is 14.2. The van der Waals surface area contributed by atoms with Gasteiger partial charge in [0.1, 0.15) is 0 Å². The van der Waals surface area contributed by atoms with E-state index in [0.717, 1.165) is 18.2 Å². The molecule has 1 aromatic carbocycles. The molecule has 0 bridgehead atoms. The number of phenols is 1. The van der Waals surface area contributed by atoms with E-state index in [1.807, 2.05) is 0 Å². The summed E-state index contributed by atoms with van der Waals surface area (Å²) in [6.07, 6.45) is 0. The predicted molar refractivity (Wildman–Crippen MR) is 66.4 cm³/mol. The summed E-state index contributed by atoms with van der Waals surface area (Å²) in [5.41, 5.74) is -0.624. The van der Waals surface area contributed by atoms with E-state index in [9.17, 15) is 23.6 Å². The van der Waals surface area contributed by atoms with Gasteiger partial charge in [0, 0.05) is 32.2 Å². The van der Waals surface area contributed by atoms with E-state index in [1.54, 1.807) is 0 Å². The Morgan fingerprint density at radius 1 is 1.47 bits per heavy atom.